The zero-order chi connectivity index (χ0) is 11.1. The topological polar surface area (TPSA) is 38.7 Å². The average Bonchev–Trinajstić information content (AvgIpc) is 2.25. The van der Waals surface area contributed by atoms with Gasteiger partial charge >= 0.3 is 0 Å². The lowest BCUT2D eigenvalue weighted by Crippen LogP contribution is -2.23. The molecule has 15 heavy (non-hydrogen) atoms. The van der Waals surface area contributed by atoms with E-state index in [0.29, 0.717) is 6.61 Å². The van der Waals surface area contributed by atoms with E-state index in [2.05, 4.69) is 6.58 Å². The average molecular weight is 214 g/mol. The van der Waals surface area contributed by atoms with Crippen LogP contribution in [-0.2, 0) is 9.47 Å². The van der Waals surface area contributed by atoms with Crippen LogP contribution in [0.2, 0.25) is 0 Å². The van der Waals surface area contributed by atoms with Crippen molar-refractivity contribution in [2.24, 2.45) is 0 Å². The standard InChI is InChI=1S/C12H22O3/c1-10(2)11(13)6-5-9-15-12-7-3-4-8-14-12/h11-13H,1,3-9H2,2H3. The van der Waals surface area contributed by atoms with E-state index in [1.54, 1.807) is 0 Å². The molecule has 0 aromatic heterocycles. The highest BCUT2D eigenvalue weighted by atomic mass is 16.7. The Morgan fingerprint density at radius 3 is 3.00 bits per heavy atom. The van der Waals surface area contributed by atoms with Crippen molar-refractivity contribution in [2.45, 2.75) is 51.4 Å². The number of hydrogen-bond donors (Lipinski definition) is 1. The molecule has 2 unspecified atom stereocenters. The Hall–Kier alpha value is -0.380. The molecule has 0 aromatic rings. The Labute approximate surface area is 92.1 Å². The maximum atomic E-state index is 9.48. The van der Waals surface area contributed by atoms with Gasteiger partial charge in [0.25, 0.3) is 0 Å². The van der Waals surface area contributed by atoms with E-state index in [1.165, 1.54) is 6.42 Å². The minimum Gasteiger partial charge on any atom is -0.389 e. The van der Waals surface area contributed by atoms with Gasteiger partial charge in [-0.2, -0.15) is 0 Å². The van der Waals surface area contributed by atoms with Gasteiger partial charge in [-0.25, -0.2) is 0 Å². The van der Waals surface area contributed by atoms with Crippen LogP contribution in [0.4, 0.5) is 0 Å². The predicted octanol–water partition coefficient (Wildman–Crippen LogP) is 2.25. The third-order valence-electron chi connectivity index (χ3n) is 2.63. The van der Waals surface area contributed by atoms with Gasteiger partial charge in [-0.15, -0.1) is 0 Å². The zero-order valence-corrected chi connectivity index (χ0v) is 9.58. The summed E-state index contributed by atoms with van der Waals surface area (Å²) in [7, 11) is 0. The Morgan fingerprint density at radius 2 is 2.40 bits per heavy atom. The molecule has 3 nitrogen and oxygen atoms in total. The molecule has 1 saturated heterocycles. The minimum atomic E-state index is -0.388. The van der Waals surface area contributed by atoms with Crippen LogP contribution in [0.15, 0.2) is 12.2 Å². The van der Waals surface area contributed by atoms with Crippen molar-refractivity contribution < 1.29 is 14.6 Å². The predicted molar refractivity (Wildman–Crippen MR) is 59.6 cm³/mol. The van der Waals surface area contributed by atoms with Crippen LogP contribution in [0.25, 0.3) is 0 Å². The highest BCUT2D eigenvalue weighted by molar-refractivity contribution is 4.96. The molecule has 1 aliphatic rings. The molecule has 1 N–H and O–H groups in total. The van der Waals surface area contributed by atoms with Gasteiger partial charge in [0.15, 0.2) is 6.29 Å². The molecule has 1 heterocycles. The Balaban J connectivity index is 1.98. The van der Waals surface area contributed by atoms with Gasteiger partial charge in [0, 0.05) is 13.2 Å². The van der Waals surface area contributed by atoms with Crippen LogP contribution in [0.5, 0.6) is 0 Å². The van der Waals surface area contributed by atoms with Crippen molar-refractivity contribution in [2.75, 3.05) is 13.2 Å². The second kappa shape index (κ2) is 6.99. The summed E-state index contributed by atoms with van der Waals surface area (Å²) < 4.78 is 11.0. The fraction of sp³-hybridized carbons (Fsp3) is 0.833. The molecule has 0 bridgehead atoms. The lowest BCUT2D eigenvalue weighted by atomic mass is 10.1. The van der Waals surface area contributed by atoms with Gasteiger partial charge in [-0.05, 0) is 39.0 Å². The van der Waals surface area contributed by atoms with E-state index in [1.807, 2.05) is 6.92 Å². The van der Waals surface area contributed by atoms with E-state index in [9.17, 15) is 5.11 Å². The molecule has 0 aromatic carbocycles. The summed E-state index contributed by atoms with van der Waals surface area (Å²) >= 11 is 0. The summed E-state index contributed by atoms with van der Waals surface area (Å²) in [6, 6.07) is 0. The molecule has 1 rings (SSSR count). The second-order valence-corrected chi connectivity index (χ2v) is 4.17. The van der Waals surface area contributed by atoms with Gasteiger partial charge < -0.3 is 14.6 Å². The quantitative estimate of drug-likeness (QED) is 0.544. The number of aliphatic hydroxyl groups is 1. The molecule has 0 saturated carbocycles. The molecular formula is C12H22O3. The summed E-state index contributed by atoms with van der Waals surface area (Å²) in [4.78, 5) is 0. The van der Waals surface area contributed by atoms with E-state index in [4.69, 9.17) is 9.47 Å². The van der Waals surface area contributed by atoms with Crippen LogP contribution in [0, 0.1) is 0 Å². The molecule has 88 valence electrons. The van der Waals surface area contributed by atoms with Gasteiger partial charge in [0.1, 0.15) is 0 Å². The largest absolute Gasteiger partial charge is 0.389 e. The summed E-state index contributed by atoms with van der Waals surface area (Å²) in [5.41, 5.74) is 0.823. The normalized spacial score (nSPS) is 23.7. The highest BCUT2D eigenvalue weighted by Crippen LogP contribution is 2.14. The van der Waals surface area contributed by atoms with E-state index in [0.717, 1.165) is 37.9 Å². The molecule has 1 aliphatic heterocycles. The van der Waals surface area contributed by atoms with Gasteiger partial charge in [0.2, 0.25) is 0 Å². The van der Waals surface area contributed by atoms with Crippen LogP contribution in [0.1, 0.15) is 39.0 Å². The summed E-state index contributed by atoms with van der Waals surface area (Å²) in [5.74, 6) is 0. The lowest BCUT2D eigenvalue weighted by Gasteiger charge is -2.22. The maximum Gasteiger partial charge on any atom is 0.157 e. The lowest BCUT2D eigenvalue weighted by molar-refractivity contribution is -0.163. The Morgan fingerprint density at radius 1 is 1.60 bits per heavy atom. The number of aliphatic hydroxyl groups excluding tert-OH is 1. The first-order valence-electron chi connectivity index (χ1n) is 5.77. The molecule has 1 fully saturated rings. The van der Waals surface area contributed by atoms with Crippen molar-refractivity contribution in [1.29, 1.82) is 0 Å². The van der Waals surface area contributed by atoms with E-state index < -0.39 is 0 Å². The molecule has 3 heteroatoms. The summed E-state index contributed by atoms with van der Waals surface area (Å²) in [6.45, 7) is 7.03. The van der Waals surface area contributed by atoms with Crippen molar-refractivity contribution >= 4 is 0 Å². The number of hydrogen-bond acceptors (Lipinski definition) is 3. The number of rotatable bonds is 6. The van der Waals surface area contributed by atoms with Gasteiger partial charge in [-0.3, -0.25) is 0 Å². The fourth-order valence-corrected chi connectivity index (χ4v) is 1.58. The SMILES string of the molecule is C=C(C)C(O)CCCOC1CCCCO1. The first kappa shape index (κ1) is 12.7. The van der Waals surface area contributed by atoms with Crippen molar-refractivity contribution in [3.63, 3.8) is 0 Å². The van der Waals surface area contributed by atoms with Gasteiger partial charge in [-0.1, -0.05) is 12.2 Å². The fourth-order valence-electron chi connectivity index (χ4n) is 1.58. The Kier molecular flexibility index (Phi) is 5.91. The molecule has 0 aliphatic carbocycles. The first-order valence-corrected chi connectivity index (χ1v) is 5.77. The third-order valence-corrected chi connectivity index (χ3v) is 2.63. The molecule has 0 amide bonds. The van der Waals surface area contributed by atoms with E-state index in [-0.39, 0.29) is 12.4 Å². The maximum absolute atomic E-state index is 9.48. The van der Waals surface area contributed by atoms with Gasteiger partial charge in [0.05, 0.1) is 6.10 Å². The number of ether oxygens (including phenoxy) is 2. The summed E-state index contributed by atoms with van der Waals surface area (Å²) in [6.07, 6.45) is 4.52. The Bertz CT molecular complexity index is 185. The third kappa shape index (κ3) is 5.30. The molecule has 0 radical (unpaired) electrons. The van der Waals surface area contributed by atoms with Crippen LogP contribution in [0.3, 0.4) is 0 Å². The van der Waals surface area contributed by atoms with Crippen LogP contribution >= 0.6 is 0 Å². The molecular weight excluding hydrogens is 192 g/mol. The van der Waals surface area contributed by atoms with Crippen molar-refractivity contribution in [1.82, 2.24) is 0 Å². The molecule has 0 spiro atoms. The highest BCUT2D eigenvalue weighted by Gasteiger charge is 2.13. The van der Waals surface area contributed by atoms with Crippen molar-refractivity contribution in [3.05, 3.63) is 12.2 Å². The monoisotopic (exact) mass is 214 g/mol. The smallest absolute Gasteiger partial charge is 0.157 e. The van der Waals surface area contributed by atoms with E-state index >= 15 is 0 Å². The molecule has 2 atom stereocenters. The minimum absolute atomic E-state index is 0.0132. The first-order chi connectivity index (χ1) is 7.20. The zero-order valence-electron chi connectivity index (χ0n) is 9.58. The van der Waals surface area contributed by atoms with Crippen molar-refractivity contribution in [3.8, 4) is 0 Å². The summed E-state index contributed by atoms with van der Waals surface area (Å²) in [5, 5.41) is 9.48. The van der Waals surface area contributed by atoms with Crippen LogP contribution in [-0.4, -0.2) is 30.7 Å². The van der Waals surface area contributed by atoms with Crippen LogP contribution < -0.4 is 0 Å². The second-order valence-electron chi connectivity index (χ2n) is 4.17.